The van der Waals surface area contributed by atoms with Gasteiger partial charge in [-0.05, 0) is 60.7 Å². The Morgan fingerprint density at radius 3 is 0.976 bits per heavy atom. The molecule has 7 nitrogen and oxygen atoms in total. The molecule has 206 valence electrons. The van der Waals surface area contributed by atoms with Gasteiger partial charge in [-0.2, -0.15) is 0 Å². The molecular formula is C32H25O7PS. The molecule has 9 heteroatoms. The van der Waals surface area contributed by atoms with Gasteiger partial charge in [0.15, 0.2) is 0 Å². The fraction of sp³-hybridized carbons (Fsp3) is 0. The molecule has 41 heavy (non-hydrogen) atoms. The van der Waals surface area contributed by atoms with Crippen molar-refractivity contribution in [1.29, 1.82) is 0 Å². The lowest BCUT2D eigenvalue weighted by molar-refractivity contribution is 0.0688. The van der Waals surface area contributed by atoms with Crippen LogP contribution >= 0.6 is 7.26 Å². The average Bonchev–Trinajstić information content (AvgIpc) is 2.99. The molecule has 5 aromatic carbocycles. The first-order chi connectivity index (χ1) is 19.7. The molecule has 5 rings (SSSR count). The van der Waals surface area contributed by atoms with E-state index >= 15 is 0 Å². The first kappa shape index (κ1) is 29.4. The Morgan fingerprint density at radius 2 is 0.756 bits per heavy atom. The normalized spacial score (nSPS) is 11.1. The minimum atomic E-state index is -5.17. The van der Waals surface area contributed by atoms with Crippen LogP contribution in [0, 0.1) is 0 Å². The van der Waals surface area contributed by atoms with Crippen molar-refractivity contribution in [2.45, 2.75) is 4.90 Å². The van der Waals surface area contributed by atoms with Gasteiger partial charge in [-0.3, -0.25) is 0 Å². The van der Waals surface area contributed by atoms with Gasteiger partial charge < -0.3 is 14.8 Å². The minimum absolute atomic E-state index is 0.847. The zero-order valence-electron chi connectivity index (χ0n) is 21.6. The lowest BCUT2D eigenvalue weighted by atomic mass is 10.1. The second-order valence-electron chi connectivity index (χ2n) is 8.76. The second-order valence-corrected chi connectivity index (χ2v) is 13.5. The first-order valence-corrected chi connectivity index (χ1v) is 15.5. The van der Waals surface area contributed by atoms with E-state index in [0.29, 0.717) is 0 Å². The summed E-state index contributed by atoms with van der Waals surface area (Å²) >= 11 is 0. The van der Waals surface area contributed by atoms with Crippen molar-refractivity contribution in [1.82, 2.24) is 0 Å². The monoisotopic (exact) mass is 584 g/mol. The minimum Gasteiger partial charge on any atom is -0.744 e. The predicted molar refractivity (Wildman–Crippen MR) is 160 cm³/mol. The molecule has 0 unspecified atom stereocenters. The second kappa shape index (κ2) is 12.7. The Labute approximate surface area is 238 Å². The Kier molecular flexibility index (Phi) is 9.10. The number of hydrogen-bond donors (Lipinski definition) is 2. The molecule has 0 radical (unpaired) electrons. The molecule has 0 aliphatic rings. The maximum absolute atomic E-state index is 10.8. The number of rotatable bonds is 7. The van der Waals surface area contributed by atoms with Crippen LogP contribution in [0.2, 0.25) is 0 Å². The van der Waals surface area contributed by atoms with Gasteiger partial charge in [-0.1, -0.05) is 78.9 Å². The molecule has 0 aromatic heterocycles. The molecule has 0 atom stereocenters. The van der Waals surface area contributed by atoms with Crippen LogP contribution in [0.25, 0.3) is 0 Å². The SMILES string of the molecule is O=C(O)c1cccc(C(=O)O)c1S(=O)(=O)[O-].c1ccc([P+](c2ccccc2)(c2ccccc2)c2ccccc2)cc1. The highest BCUT2D eigenvalue weighted by Gasteiger charge is 2.47. The zero-order valence-corrected chi connectivity index (χ0v) is 23.3. The third kappa shape index (κ3) is 6.26. The van der Waals surface area contributed by atoms with Gasteiger partial charge in [0.05, 0.1) is 16.0 Å². The maximum atomic E-state index is 10.8. The molecule has 0 heterocycles. The van der Waals surface area contributed by atoms with Gasteiger partial charge in [-0.25, -0.2) is 18.0 Å². The number of aromatic carboxylic acids is 2. The van der Waals surface area contributed by atoms with Crippen LogP contribution in [0.15, 0.2) is 144 Å². The summed E-state index contributed by atoms with van der Waals surface area (Å²) in [6.07, 6.45) is 0. The summed E-state index contributed by atoms with van der Waals surface area (Å²) in [5.74, 6) is -3.37. The highest BCUT2D eigenvalue weighted by Crippen LogP contribution is 2.53. The number of benzene rings is 5. The van der Waals surface area contributed by atoms with E-state index in [2.05, 4.69) is 121 Å². The van der Waals surface area contributed by atoms with Crippen LogP contribution in [0.3, 0.4) is 0 Å². The van der Waals surface area contributed by atoms with E-state index < -0.39 is 45.3 Å². The third-order valence-electron chi connectivity index (χ3n) is 6.30. The summed E-state index contributed by atoms with van der Waals surface area (Å²) in [5.41, 5.74) is -1.70. The largest absolute Gasteiger partial charge is 0.744 e. The van der Waals surface area contributed by atoms with Gasteiger partial charge in [0.1, 0.15) is 38.6 Å². The van der Waals surface area contributed by atoms with E-state index in [4.69, 9.17) is 10.2 Å². The van der Waals surface area contributed by atoms with Crippen LogP contribution in [-0.2, 0) is 10.1 Å². The van der Waals surface area contributed by atoms with E-state index in [1.807, 2.05) is 0 Å². The molecule has 2 N–H and O–H groups in total. The molecule has 0 bridgehead atoms. The maximum Gasteiger partial charge on any atom is 0.337 e. The predicted octanol–water partition coefficient (Wildman–Crippen LogP) is 4.29. The molecule has 5 aromatic rings. The summed E-state index contributed by atoms with van der Waals surface area (Å²) < 4.78 is 32.4. The van der Waals surface area contributed by atoms with Crippen molar-refractivity contribution in [2.75, 3.05) is 0 Å². The van der Waals surface area contributed by atoms with E-state index in [1.165, 1.54) is 21.2 Å². The fourth-order valence-electron chi connectivity index (χ4n) is 4.64. The van der Waals surface area contributed by atoms with E-state index in [-0.39, 0.29) is 0 Å². The molecule has 0 amide bonds. The standard InChI is InChI=1S/C24H20P.C8H6O7S/c1-5-13-21(14-6-1)25(22-15-7-2-8-16-22,23-17-9-3-10-18-23)24-19-11-4-12-20-24;9-7(10)4-2-1-3-5(8(11)12)6(4)16(13,14)15/h1-20H;1-3H,(H,9,10)(H,11,12)(H,13,14,15)/q+1;/p-1. The first-order valence-electron chi connectivity index (χ1n) is 12.3. The fourth-order valence-corrected chi connectivity index (χ4v) is 9.76. The summed E-state index contributed by atoms with van der Waals surface area (Å²) in [5, 5.41) is 22.8. The van der Waals surface area contributed by atoms with Crippen LogP contribution in [0.1, 0.15) is 20.7 Å². The van der Waals surface area contributed by atoms with Gasteiger partial charge in [0.25, 0.3) is 0 Å². The van der Waals surface area contributed by atoms with Gasteiger partial charge in [-0.15, -0.1) is 0 Å². The third-order valence-corrected chi connectivity index (χ3v) is 11.5. The highest BCUT2D eigenvalue weighted by molar-refractivity contribution is 8.01. The van der Waals surface area contributed by atoms with Crippen LogP contribution in [-0.4, -0.2) is 35.1 Å². The Bertz CT molecular complexity index is 1550. The number of carboxylic acid groups (broad SMARTS) is 2. The van der Waals surface area contributed by atoms with Crippen LogP contribution < -0.4 is 21.2 Å². The van der Waals surface area contributed by atoms with Crippen molar-refractivity contribution in [2.24, 2.45) is 0 Å². The van der Waals surface area contributed by atoms with E-state index in [0.717, 1.165) is 18.2 Å². The quantitative estimate of drug-likeness (QED) is 0.215. The van der Waals surface area contributed by atoms with Crippen LogP contribution in [0.4, 0.5) is 0 Å². The van der Waals surface area contributed by atoms with E-state index in [1.54, 1.807) is 0 Å². The summed E-state index contributed by atoms with van der Waals surface area (Å²) in [7, 11) is -7.07. The highest BCUT2D eigenvalue weighted by atomic mass is 32.2. The van der Waals surface area contributed by atoms with Gasteiger partial charge >= 0.3 is 11.9 Å². The van der Waals surface area contributed by atoms with Crippen molar-refractivity contribution in [3.05, 3.63) is 151 Å². The average molecular weight is 585 g/mol. The lowest BCUT2D eigenvalue weighted by Crippen LogP contribution is -2.38. The molecular weight excluding hydrogens is 559 g/mol. The molecule has 0 fully saturated rings. The topological polar surface area (TPSA) is 132 Å². The Balaban J connectivity index is 0.000000210. The molecule has 0 spiro atoms. The smallest absolute Gasteiger partial charge is 0.337 e. The Hall–Kier alpha value is -4.62. The molecule has 0 saturated heterocycles. The van der Waals surface area contributed by atoms with Crippen molar-refractivity contribution >= 4 is 50.5 Å². The summed E-state index contributed by atoms with van der Waals surface area (Å²) in [4.78, 5) is 20.1. The summed E-state index contributed by atoms with van der Waals surface area (Å²) in [6, 6.07) is 46.6. The number of carboxylic acids is 2. The van der Waals surface area contributed by atoms with Crippen molar-refractivity contribution < 1.29 is 32.8 Å². The molecule has 0 aliphatic heterocycles. The summed E-state index contributed by atoms with van der Waals surface area (Å²) in [6.45, 7) is 0. The van der Waals surface area contributed by atoms with Gasteiger partial charge in [0, 0.05) is 0 Å². The molecule has 0 saturated carbocycles. The number of carbonyl (C=O) groups is 2. The molecule has 0 aliphatic carbocycles. The Morgan fingerprint density at radius 1 is 0.488 bits per heavy atom. The van der Waals surface area contributed by atoms with Gasteiger partial charge in [0.2, 0.25) is 0 Å². The van der Waals surface area contributed by atoms with Crippen molar-refractivity contribution in [3.8, 4) is 0 Å². The van der Waals surface area contributed by atoms with Crippen molar-refractivity contribution in [3.63, 3.8) is 0 Å². The lowest BCUT2D eigenvalue weighted by Gasteiger charge is -2.27. The zero-order chi connectivity index (χ0) is 29.5. The van der Waals surface area contributed by atoms with E-state index in [9.17, 15) is 22.6 Å². The van der Waals surface area contributed by atoms with Crippen LogP contribution in [0.5, 0.6) is 0 Å². The number of hydrogen-bond acceptors (Lipinski definition) is 5.